The number of rotatable bonds is 3. The third kappa shape index (κ3) is 2.51. The van der Waals surface area contributed by atoms with E-state index in [-0.39, 0.29) is 11.4 Å². The molecule has 0 bridgehead atoms. The molecule has 1 N–H and O–H groups in total. The molecule has 1 unspecified atom stereocenters. The van der Waals surface area contributed by atoms with Crippen LogP contribution in [-0.4, -0.2) is 13.7 Å². The maximum absolute atomic E-state index is 13.9. The van der Waals surface area contributed by atoms with Crippen molar-refractivity contribution in [3.8, 4) is 5.75 Å². The maximum atomic E-state index is 13.9. The Morgan fingerprint density at radius 2 is 2.17 bits per heavy atom. The van der Waals surface area contributed by atoms with Gasteiger partial charge < -0.3 is 10.1 Å². The topological polar surface area (TPSA) is 21.3 Å². The first-order valence-electron chi connectivity index (χ1n) is 6.81. The van der Waals surface area contributed by atoms with Gasteiger partial charge in [0.1, 0.15) is 0 Å². The van der Waals surface area contributed by atoms with Crippen molar-refractivity contribution in [2.75, 3.05) is 13.7 Å². The van der Waals surface area contributed by atoms with Crippen molar-refractivity contribution < 1.29 is 9.13 Å². The Morgan fingerprint density at radius 1 is 1.33 bits per heavy atom. The van der Waals surface area contributed by atoms with Gasteiger partial charge in [-0.3, -0.25) is 0 Å². The second kappa shape index (κ2) is 5.70. The molecule has 1 heterocycles. The van der Waals surface area contributed by atoms with E-state index in [2.05, 4.69) is 12.2 Å². The van der Waals surface area contributed by atoms with Crippen LogP contribution in [0.5, 0.6) is 5.75 Å². The van der Waals surface area contributed by atoms with E-state index in [0.717, 1.165) is 24.9 Å². The lowest BCUT2D eigenvalue weighted by Gasteiger charge is -2.33. The zero-order valence-corrected chi connectivity index (χ0v) is 11.3. The van der Waals surface area contributed by atoms with Gasteiger partial charge in [0.05, 0.1) is 7.11 Å². The van der Waals surface area contributed by atoms with Crippen LogP contribution >= 0.6 is 0 Å². The summed E-state index contributed by atoms with van der Waals surface area (Å²) in [6.07, 6.45) is 5.73. The highest BCUT2D eigenvalue weighted by atomic mass is 19.1. The van der Waals surface area contributed by atoms with Gasteiger partial charge in [-0.2, -0.15) is 0 Å². The molecular formula is C15H22FNO. The van der Waals surface area contributed by atoms with Crippen molar-refractivity contribution in [2.24, 2.45) is 0 Å². The Kier molecular flexibility index (Phi) is 4.23. The van der Waals surface area contributed by atoms with Gasteiger partial charge in [-0.15, -0.1) is 0 Å². The molecule has 0 saturated carbocycles. The summed E-state index contributed by atoms with van der Waals surface area (Å²) >= 11 is 0. The third-order valence-corrected chi connectivity index (χ3v) is 4.05. The Morgan fingerprint density at radius 3 is 2.83 bits per heavy atom. The van der Waals surface area contributed by atoms with Crippen molar-refractivity contribution in [1.82, 2.24) is 5.32 Å². The van der Waals surface area contributed by atoms with Crippen LogP contribution in [-0.2, 0) is 5.54 Å². The van der Waals surface area contributed by atoms with E-state index in [0.29, 0.717) is 5.75 Å². The maximum Gasteiger partial charge on any atom is 0.165 e. The predicted molar refractivity (Wildman–Crippen MR) is 71.4 cm³/mol. The molecule has 100 valence electrons. The van der Waals surface area contributed by atoms with Crippen LogP contribution in [0.4, 0.5) is 4.39 Å². The summed E-state index contributed by atoms with van der Waals surface area (Å²) in [5, 5.41) is 3.62. The number of benzene rings is 1. The lowest BCUT2D eigenvalue weighted by molar-refractivity contribution is 0.309. The molecule has 1 aliphatic heterocycles. The van der Waals surface area contributed by atoms with E-state index >= 15 is 0 Å². The van der Waals surface area contributed by atoms with Gasteiger partial charge in [0.15, 0.2) is 11.6 Å². The third-order valence-electron chi connectivity index (χ3n) is 4.05. The Bertz CT molecular complexity index is 397. The molecule has 18 heavy (non-hydrogen) atoms. The lowest BCUT2D eigenvalue weighted by atomic mass is 9.83. The molecule has 1 saturated heterocycles. The summed E-state index contributed by atoms with van der Waals surface area (Å²) in [4.78, 5) is 0. The van der Waals surface area contributed by atoms with Gasteiger partial charge in [-0.1, -0.05) is 25.8 Å². The van der Waals surface area contributed by atoms with Gasteiger partial charge in [-0.25, -0.2) is 4.39 Å². The summed E-state index contributed by atoms with van der Waals surface area (Å²) in [5.41, 5.74) is 0.981. The van der Waals surface area contributed by atoms with Crippen LogP contribution in [0.3, 0.4) is 0 Å². The van der Waals surface area contributed by atoms with Gasteiger partial charge in [0.25, 0.3) is 0 Å². The monoisotopic (exact) mass is 251 g/mol. The van der Waals surface area contributed by atoms with Gasteiger partial charge in [0.2, 0.25) is 0 Å². The zero-order chi connectivity index (χ0) is 13.0. The lowest BCUT2D eigenvalue weighted by Crippen LogP contribution is -2.41. The average Bonchev–Trinajstić information content (AvgIpc) is 2.65. The van der Waals surface area contributed by atoms with Crippen LogP contribution in [0, 0.1) is 5.82 Å². The van der Waals surface area contributed by atoms with Crippen LogP contribution < -0.4 is 10.1 Å². The number of nitrogens with one attached hydrogen (secondary N) is 1. The van der Waals surface area contributed by atoms with Crippen LogP contribution in [0.15, 0.2) is 18.2 Å². The van der Waals surface area contributed by atoms with E-state index in [1.54, 1.807) is 12.1 Å². The van der Waals surface area contributed by atoms with E-state index in [1.807, 2.05) is 6.07 Å². The number of ether oxygens (including phenoxy) is 1. The van der Waals surface area contributed by atoms with Crippen molar-refractivity contribution in [1.29, 1.82) is 0 Å². The Hall–Kier alpha value is -1.09. The molecule has 3 heteroatoms. The van der Waals surface area contributed by atoms with E-state index in [1.165, 1.54) is 26.4 Å². The fraction of sp³-hybridized carbons (Fsp3) is 0.600. The first-order chi connectivity index (χ1) is 8.72. The fourth-order valence-electron chi connectivity index (χ4n) is 2.86. The summed E-state index contributed by atoms with van der Waals surface area (Å²) < 4.78 is 18.8. The number of hydrogen-bond donors (Lipinski definition) is 1. The van der Waals surface area contributed by atoms with E-state index in [9.17, 15) is 4.39 Å². The van der Waals surface area contributed by atoms with Crippen molar-refractivity contribution >= 4 is 0 Å². The highest BCUT2D eigenvalue weighted by molar-refractivity contribution is 5.33. The van der Waals surface area contributed by atoms with Gasteiger partial charge in [-0.05, 0) is 43.5 Å². The minimum Gasteiger partial charge on any atom is -0.494 e. The molecule has 1 aromatic carbocycles. The molecule has 2 nitrogen and oxygen atoms in total. The second-order valence-electron chi connectivity index (χ2n) is 5.02. The highest BCUT2D eigenvalue weighted by Crippen LogP contribution is 2.34. The molecule has 1 aliphatic rings. The summed E-state index contributed by atoms with van der Waals surface area (Å²) in [6.45, 7) is 3.18. The smallest absolute Gasteiger partial charge is 0.165 e. The molecule has 1 fully saturated rings. The fourth-order valence-corrected chi connectivity index (χ4v) is 2.86. The summed E-state index contributed by atoms with van der Waals surface area (Å²) in [6, 6.07) is 5.35. The van der Waals surface area contributed by atoms with Crippen molar-refractivity contribution in [3.05, 3.63) is 29.6 Å². The molecule has 0 radical (unpaired) electrons. The van der Waals surface area contributed by atoms with Crippen molar-refractivity contribution in [3.63, 3.8) is 0 Å². The standard InChI is InChI=1S/C15H22FNO/c1-3-15(9-5-4-6-10-17-15)12-7-8-14(18-2)13(16)11-12/h7-8,11,17H,3-6,9-10H2,1-2H3. The average molecular weight is 251 g/mol. The van der Waals surface area contributed by atoms with Crippen molar-refractivity contribution in [2.45, 2.75) is 44.6 Å². The van der Waals surface area contributed by atoms with E-state index < -0.39 is 0 Å². The van der Waals surface area contributed by atoms with E-state index in [4.69, 9.17) is 4.74 Å². The van der Waals surface area contributed by atoms with Gasteiger partial charge in [0, 0.05) is 5.54 Å². The molecule has 0 spiro atoms. The summed E-state index contributed by atoms with van der Waals surface area (Å²) in [5.74, 6) is 0.0486. The molecule has 1 atom stereocenters. The number of hydrogen-bond acceptors (Lipinski definition) is 2. The molecular weight excluding hydrogens is 229 g/mol. The van der Waals surface area contributed by atoms with Crippen LogP contribution in [0.2, 0.25) is 0 Å². The SMILES string of the molecule is CCC1(c2ccc(OC)c(F)c2)CCCCCN1. The number of halogens is 1. The number of methoxy groups -OCH3 is 1. The van der Waals surface area contributed by atoms with Crippen LogP contribution in [0.1, 0.15) is 44.6 Å². The zero-order valence-electron chi connectivity index (χ0n) is 11.3. The molecule has 2 rings (SSSR count). The molecule has 1 aromatic rings. The molecule has 0 aliphatic carbocycles. The second-order valence-corrected chi connectivity index (χ2v) is 5.02. The van der Waals surface area contributed by atoms with Gasteiger partial charge >= 0.3 is 0 Å². The normalized spacial score (nSPS) is 24.6. The first kappa shape index (κ1) is 13.3. The largest absolute Gasteiger partial charge is 0.494 e. The minimum absolute atomic E-state index is 0.0659. The molecule has 0 aromatic heterocycles. The molecule has 0 amide bonds. The van der Waals surface area contributed by atoms with Crippen LogP contribution in [0.25, 0.3) is 0 Å². The highest BCUT2D eigenvalue weighted by Gasteiger charge is 2.31. The Labute approximate surface area is 109 Å². The minimum atomic E-state index is -0.270. The predicted octanol–water partition coefficient (Wildman–Crippen LogP) is 3.60. The Balaban J connectivity index is 2.33. The first-order valence-corrected chi connectivity index (χ1v) is 6.81. The quantitative estimate of drug-likeness (QED) is 0.886. The summed E-state index contributed by atoms with van der Waals surface area (Å²) in [7, 11) is 1.50.